The first-order chi connectivity index (χ1) is 20.0. The van der Waals surface area contributed by atoms with E-state index >= 15 is 0 Å². The minimum Gasteiger partial charge on any atom is -0.508 e. The van der Waals surface area contributed by atoms with E-state index < -0.39 is 53.2 Å². The number of ether oxygens (including phenoxy) is 2. The number of benzene rings is 2. The van der Waals surface area contributed by atoms with Crippen LogP contribution in [0.1, 0.15) is 58.7 Å². The van der Waals surface area contributed by atoms with E-state index in [-0.39, 0.29) is 24.5 Å². The Hall–Kier alpha value is -3.99. The van der Waals surface area contributed by atoms with Gasteiger partial charge in [-0.2, -0.15) is 12.6 Å². The second kappa shape index (κ2) is 15.5. The van der Waals surface area contributed by atoms with Crippen LogP contribution in [0.25, 0.3) is 0 Å². The normalized spacial score (nSPS) is 13.6. The molecular formula is C32H43N3O7S. The number of amides is 3. The lowest BCUT2D eigenvalue weighted by molar-refractivity contribution is -0.159. The molecule has 10 nitrogen and oxygen atoms in total. The largest absolute Gasteiger partial charge is 0.508 e. The third-order valence-electron chi connectivity index (χ3n) is 5.84. The molecular weight excluding hydrogens is 570 g/mol. The van der Waals surface area contributed by atoms with Gasteiger partial charge < -0.3 is 30.1 Å². The first-order valence-corrected chi connectivity index (χ1v) is 14.6. The van der Waals surface area contributed by atoms with E-state index in [2.05, 4.69) is 29.8 Å². The lowest BCUT2D eigenvalue weighted by atomic mass is 10.0. The molecule has 0 aliphatic carbocycles. The van der Waals surface area contributed by atoms with Gasteiger partial charge in [0.05, 0.1) is 0 Å². The van der Waals surface area contributed by atoms with Crippen LogP contribution in [-0.4, -0.2) is 69.5 Å². The van der Waals surface area contributed by atoms with Crippen molar-refractivity contribution < 1.29 is 33.8 Å². The van der Waals surface area contributed by atoms with Gasteiger partial charge in [0.15, 0.2) is 0 Å². The highest BCUT2D eigenvalue weighted by Crippen LogP contribution is 2.25. The van der Waals surface area contributed by atoms with E-state index in [1.807, 2.05) is 30.3 Å². The molecule has 0 aromatic heterocycles. The van der Waals surface area contributed by atoms with Crippen LogP contribution in [-0.2, 0) is 30.3 Å². The van der Waals surface area contributed by atoms with Crippen molar-refractivity contribution in [2.75, 3.05) is 12.3 Å². The van der Waals surface area contributed by atoms with E-state index in [1.54, 1.807) is 41.5 Å². The lowest BCUT2D eigenvalue weighted by Gasteiger charge is -2.34. The van der Waals surface area contributed by atoms with Gasteiger partial charge in [0.1, 0.15) is 35.1 Å². The third-order valence-corrected chi connectivity index (χ3v) is 6.20. The van der Waals surface area contributed by atoms with Crippen LogP contribution < -0.4 is 10.6 Å². The number of carbonyl (C=O) groups excluding carboxylic acids is 4. The molecule has 234 valence electrons. The molecule has 3 N–H and O–H groups in total. The van der Waals surface area contributed by atoms with Gasteiger partial charge in [-0.3, -0.25) is 9.59 Å². The van der Waals surface area contributed by atoms with Crippen molar-refractivity contribution in [3.8, 4) is 5.75 Å². The van der Waals surface area contributed by atoms with E-state index in [0.29, 0.717) is 5.56 Å². The van der Waals surface area contributed by atoms with E-state index in [1.165, 1.54) is 35.2 Å². The average molecular weight is 614 g/mol. The number of nitrogens with zero attached hydrogens (tertiary/aromatic N) is 1. The number of hydrogen-bond acceptors (Lipinski definition) is 8. The summed E-state index contributed by atoms with van der Waals surface area (Å²) >= 11 is 4.26. The highest BCUT2D eigenvalue weighted by molar-refractivity contribution is 7.80. The smallest absolute Gasteiger partial charge is 0.408 e. The number of carbonyl (C=O) groups is 4. The second-order valence-electron chi connectivity index (χ2n) is 11.9. The first-order valence-electron chi connectivity index (χ1n) is 13.9. The van der Waals surface area contributed by atoms with Crippen molar-refractivity contribution in [1.82, 2.24) is 15.5 Å². The second-order valence-corrected chi connectivity index (χ2v) is 12.3. The Labute approximate surface area is 259 Å². The standard InChI is InChI=1S/C32H43N3O7S/c1-8-18-35(28(38)25(20-43)34-30(40)42-32(5,6)7)26(22-14-16-23(36)17-15-22)27(37)33-24(29(39)41-31(2,3)4)19-21-12-10-9-11-13-21/h8-17,24-26,36,43H,1,18-20H2,2-7H3,(H,33,37)(H,34,40). The molecule has 43 heavy (non-hydrogen) atoms. The van der Waals surface area contributed by atoms with Crippen LogP contribution >= 0.6 is 12.6 Å². The molecule has 0 aliphatic heterocycles. The topological polar surface area (TPSA) is 134 Å². The van der Waals surface area contributed by atoms with Gasteiger partial charge in [-0.15, -0.1) is 6.58 Å². The fourth-order valence-corrected chi connectivity index (χ4v) is 4.34. The van der Waals surface area contributed by atoms with Crippen molar-refractivity contribution in [3.63, 3.8) is 0 Å². The highest BCUT2D eigenvalue weighted by Gasteiger charge is 2.37. The summed E-state index contributed by atoms with van der Waals surface area (Å²) in [6.45, 7) is 13.9. The number of hydrogen-bond donors (Lipinski definition) is 4. The number of thiol groups is 1. The fraction of sp³-hybridized carbons (Fsp3) is 0.438. The maximum Gasteiger partial charge on any atom is 0.408 e. The predicted octanol–water partition coefficient (Wildman–Crippen LogP) is 4.34. The first kappa shape index (κ1) is 35.2. The number of nitrogens with one attached hydrogen (secondary N) is 2. The van der Waals surface area contributed by atoms with Gasteiger partial charge in [-0.1, -0.05) is 48.5 Å². The summed E-state index contributed by atoms with van der Waals surface area (Å²) in [5, 5.41) is 15.2. The number of rotatable bonds is 12. The Morgan fingerprint density at radius 1 is 0.907 bits per heavy atom. The molecule has 3 amide bonds. The molecule has 0 heterocycles. The van der Waals surface area contributed by atoms with E-state index in [0.717, 1.165) is 5.56 Å². The Morgan fingerprint density at radius 2 is 1.49 bits per heavy atom. The maximum absolute atomic E-state index is 14.1. The Balaban J connectivity index is 2.51. The van der Waals surface area contributed by atoms with Crippen LogP contribution in [0.3, 0.4) is 0 Å². The molecule has 11 heteroatoms. The molecule has 3 unspecified atom stereocenters. The van der Waals surface area contributed by atoms with Gasteiger partial charge in [-0.25, -0.2) is 9.59 Å². The molecule has 0 radical (unpaired) electrons. The van der Waals surface area contributed by atoms with Crippen LogP contribution in [0.5, 0.6) is 5.75 Å². The molecule has 0 bridgehead atoms. The molecule has 0 saturated carbocycles. The van der Waals surface area contributed by atoms with Gasteiger partial charge in [-0.05, 0) is 64.8 Å². The van der Waals surface area contributed by atoms with Crippen LogP contribution in [0.4, 0.5) is 4.79 Å². The molecule has 0 aliphatic rings. The predicted molar refractivity (Wildman–Crippen MR) is 168 cm³/mol. The zero-order valence-corrected chi connectivity index (χ0v) is 26.5. The zero-order chi connectivity index (χ0) is 32.4. The summed E-state index contributed by atoms with van der Waals surface area (Å²) in [6, 6.07) is 11.4. The lowest BCUT2D eigenvalue weighted by Crippen LogP contribution is -2.55. The summed E-state index contributed by atoms with van der Waals surface area (Å²) in [6.07, 6.45) is 0.757. The van der Waals surface area contributed by atoms with Crippen LogP contribution in [0.15, 0.2) is 67.3 Å². The van der Waals surface area contributed by atoms with E-state index in [9.17, 15) is 24.3 Å². The monoisotopic (exact) mass is 613 g/mol. The van der Waals surface area contributed by atoms with Crippen molar-refractivity contribution in [1.29, 1.82) is 0 Å². The van der Waals surface area contributed by atoms with Crippen molar-refractivity contribution >= 4 is 36.5 Å². The number of phenols is 1. The molecule has 0 spiro atoms. The molecule has 0 saturated heterocycles. The number of esters is 1. The average Bonchev–Trinajstić information content (AvgIpc) is 2.90. The molecule has 2 rings (SSSR count). The van der Waals surface area contributed by atoms with Gasteiger partial charge in [0.2, 0.25) is 11.8 Å². The summed E-state index contributed by atoms with van der Waals surface area (Å²) in [4.78, 5) is 55.0. The van der Waals surface area contributed by atoms with Crippen molar-refractivity contribution in [3.05, 3.63) is 78.4 Å². The number of phenolic OH excluding ortho intramolecular Hbond substituents is 1. The summed E-state index contributed by atoms with van der Waals surface area (Å²) in [5.74, 6) is -2.09. The van der Waals surface area contributed by atoms with Gasteiger partial charge in [0.25, 0.3) is 0 Å². The SMILES string of the molecule is C=CCN(C(=O)C(CS)NC(=O)OC(C)(C)C)C(C(=O)NC(Cc1ccccc1)C(=O)OC(C)(C)C)c1ccc(O)cc1. The number of aromatic hydroxyl groups is 1. The van der Waals surface area contributed by atoms with E-state index in [4.69, 9.17) is 9.47 Å². The van der Waals surface area contributed by atoms with Crippen molar-refractivity contribution in [2.45, 2.75) is 77.3 Å². The van der Waals surface area contributed by atoms with Gasteiger partial charge in [0, 0.05) is 18.7 Å². The fourth-order valence-electron chi connectivity index (χ4n) is 4.09. The zero-order valence-electron chi connectivity index (χ0n) is 25.6. The van der Waals surface area contributed by atoms with Gasteiger partial charge >= 0.3 is 12.1 Å². The maximum atomic E-state index is 14.1. The minimum absolute atomic E-state index is 0.0416. The molecule has 3 atom stereocenters. The summed E-state index contributed by atoms with van der Waals surface area (Å²) < 4.78 is 10.9. The number of alkyl carbamates (subject to hydrolysis) is 1. The van der Waals surface area contributed by atoms with Crippen molar-refractivity contribution in [2.24, 2.45) is 0 Å². The third kappa shape index (κ3) is 11.7. The molecule has 0 fully saturated rings. The van der Waals surface area contributed by atoms with Crippen LogP contribution in [0, 0.1) is 0 Å². The molecule has 2 aromatic carbocycles. The highest BCUT2D eigenvalue weighted by atomic mass is 32.1. The Morgan fingerprint density at radius 3 is 2.00 bits per heavy atom. The summed E-state index contributed by atoms with van der Waals surface area (Å²) in [5.41, 5.74) is -0.483. The summed E-state index contributed by atoms with van der Waals surface area (Å²) in [7, 11) is 0. The quantitative estimate of drug-likeness (QED) is 0.159. The van der Waals surface area contributed by atoms with Crippen LogP contribution in [0.2, 0.25) is 0 Å². The Kier molecular flexibility index (Phi) is 12.7. The minimum atomic E-state index is -1.28. The molecule has 2 aromatic rings. The Bertz CT molecular complexity index is 1250.